The maximum Gasteiger partial charge on any atom is 0.407 e. The van der Waals surface area contributed by atoms with Crippen molar-refractivity contribution >= 4 is 17.1 Å². The van der Waals surface area contributed by atoms with Gasteiger partial charge in [-0.3, -0.25) is 9.97 Å². The van der Waals surface area contributed by atoms with Gasteiger partial charge < -0.3 is 20.3 Å². The Morgan fingerprint density at radius 3 is 2.54 bits per heavy atom. The van der Waals surface area contributed by atoms with Crippen LogP contribution < -0.4 is 5.32 Å². The van der Waals surface area contributed by atoms with E-state index in [1.165, 1.54) is 0 Å². The number of benzene rings is 1. The number of aliphatic hydroxyl groups excluding tert-OH is 2. The first-order valence-electron chi connectivity index (χ1n) is 7.80. The van der Waals surface area contributed by atoms with Crippen molar-refractivity contribution in [2.45, 2.75) is 45.0 Å². The fourth-order valence-electron chi connectivity index (χ4n) is 2.18. The molecule has 1 amide bonds. The normalized spacial score (nSPS) is 14.2. The highest BCUT2D eigenvalue weighted by atomic mass is 16.6. The number of fused-ring (bicyclic) bond motifs is 1. The highest BCUT2D eigenvalue weighted by Gasteiger charge is 2.20. The van der Waals surface area contributed by atoms with Gasteiger partial charge in [0.15, 0.2) is 0 Å². The average Bonchev–Trinajstić information content (AvgIpc) is 2.51. The zero-order valence-electron chi connectivity index (χ0n) is 14.1. The van der Waals surface area contributed by atoms with E-state index in [1.54, 1.807) is 51.4 Å². The summed E-state index contributed by atoms with van der Waals surface area (Å²) < 4.78 is 5.10. The molecule has 0 spiro atoms. The van der Waals surface area contributed by atoms with Gasteiger partial charge in [-0.1, -0.05) is 6.07 Å². The molecule has 0 aliphatic rings. The Hall–Kier alpha value is -2.25. The lowest BCUT2D eigenvalue weighted by Gasteiger charge is -2.21. The molecule has 0 saturated heterocycles. The highest BCUT2D eigenvalue weighted by Crippen LogP contribution is 2.21. The molecular formula is C17H23N3O4. The second-order valence-corrected chi connectivity index (χ2v) is 6.53. The lowest BCUT2D eigenvalue weighted by atomic mass is 10.0. The molecule has 0 bridgehead atoms. The third-order valence-electron chi connectivity index (χ3n) is 3.31. The number of rotatable bonds is 5. The van der Waals surface area contributed by atoms with Crippen LogP contribution in [-0.4, -0.2) is 44.5 Å². The van der Waals surface area contributed by atoms with Crippen LogP contribution in [0.5, 0.6) is 0 Å². The lowest BCUT2D eigenvalue weighted by molar-refractivity contribution is 0.0124. The quantitative estimate of drug-likeness (QED) is 0.772. The Bertz CT molecular complexity index is 700. The molecule has 0 radical (unpaired) electrons. The Morgan fingerprint density at radius 2 is 1.88 bits per heavy atom. The summed E-state index contributed by atoms with van der Waals surface area (Å²) in [5.41, 5.74) is 1.34. The average molecular weight is 333 g/mol. The van der Waals surface area contributed by atoms with Crippen LogP contribution >= 0.6 is 0 Å². The number of nitrogens with one attached hydrogen (secondary N) is 1. The lowest BCUT2D eigenvalue weighted by Crippen LogP contribution is -2.34. The van der Waals surface area contributed by atoms with Gasteiger partial charge in [0.25, 0.3) is 0 Å². The maximum atomic E-state index is 11.5. The van der Waals surface area contributed by atoms with Crippen LogP contribution in [0.25, 0.3) is 11.0 Å². The van der Waals surface area contributed by atoms with Gasteiger partial charge in [-0.25, -0.2) is 4.79 Å². The molecule has 3 N–H and O–H groups in total. The Kier molecular flexibility index (Phi) is 5.69. The van der Waals surface area contributed by atoms with Crippen molar-refractivity contribution in [1.29, 1.82) is 0 Å². The van der Waals surface area contributed by atoms with E-state index >= 15 is 0 Å². The van der Waals surface area contributed by atoms with Crippen molar-refractivity contribution in [2.24, 2.45) is 0 Å². The van der Waals surface area contributed by atoms with E-state index < -0.39 is 23.9 Å². The van der Waals surface area contributed by atoms with Crippen LogP contribution in [-0.2, 0) is 4.74 Å². The monoisotopic (exact) mass is 333 g/mol. The molecule has 2 unspecified atom stereocenters. The Labute approximate surface area is 140 Å². The van der Waals surface area contributed by atoms with E-state index in [0.717, 1.165) is 5.52 Å². The first-order chi connectivity index (χ1) is 11.3. The first-order valence-corrected chi connectivity index (χ1v) is 7.80. The largest absolute Gasteiger partial charge is 0.444 e. The van der Waals surface area contributed by atoms with Gasteiger partial charge in [0.1, 0.15) is 11.7 Å². The van der Waals surface area contributed by atoms with Crippen molar-refractivity contribution in [3.8, 4) is 0 Å². The van der Waals surface area contributed by atoms with Crippen LogP contribution in [0, 0.1) is 0 Å². The molecule has 7 heteroatoms. The maximum absolute atomic E-state index is 11.5. The van der Waals surface area contributed by atoms with Gasteiger partial charge in [-0.2, -0.15) is 0 Å². The van der Waals surface area contributed by atoms with Crippen LogP contribution in [0.15, 0.2) is 30.6 Å². The van der Waals surface area contributed by atoms with E-state index in [9.17, 15) is 15.0 Å². The molecule has 2 aromatic rings. The molecule has 1 aromatic carbocycles. The second-order valence-electron chi connectivity index (χ2n) is 6.53. The summed E-state index contributed by atoms with van der Waals surface area (Å²) in [6, 6.07) is 5.14. The fraction of sp³-hybridized carbons (Fsp3) is 0.471. The van der Waals surface area contributed by atoms with Crippen LogP contribution in [0.4, 0.5) is 4.79 Å². The van der Waals surface area contributed by atoms with E-state index in [4.69, 9.17) is 4.74 Å². The number of aliphatic hydroxyl groups is 2. The van der Waals surface area contributed by atoms with Crippen molar-refractivity contribution in [2.75, 3.05) is 6.54 Å². The van der Waals surface area contributed by atoms with Crippen molar-refractivity contribution in [3.63, 3.8) is 0 Å². The molecule has 0 aliphatic carbocycles. The van der Waals surface area contributed by atoms with Crippen LogP contribution in [0.2, 0.25) is 0 Å². The number of nitrogens with zero attached hydrogens (tertiary/aromatic N) is 2. The highest BCUT2D eigenvalue weighted by molar-refractivity contribution is 5.74. The summed E-state index contributed by atoms with van der Waals surface area (Å²) in [5, 5.41) is 22.9. The predicted molar refractivity (Wildman–Crippen MR) is 89.4 cm³/mol. The Morgan fingerprint density at radius 1 is 1.21 bits per heavy atom. The summed E-state index contributed by atoms with van der Waals surface area (Å²) >= 11 is 0. The van der Waals surface area contributed by atoms with E-state index in [-0.39, 0.29) is 13.0 Å². The summed E-state index contributed by atoms with van der Waals surface area (Å²) in [6.07, 6.45) is 0.713. The molecule has 130 valence electrons. The van der Waals surface area contributed by atoms with E-state index in [1.807, 2.05) is 0 Å². The molecule has 0 aliphatic heterocycles. The summed E-state index contributed by atoms with van der Waals surface area (Å²) in [4.78, 5) is 19.9. The minimum absolute atomic E-state index is 0.193. The number of aromatic nitrogens is 2. The summed E-state index contributed by atoms with van der Waals surface area (Å²) in [6.45, 7) is 5.51. The molecule has 2 atom stereocenters. The van der Waals surface area contributed by atoms with Crippen LogP contribution in [0.3, 0.4) is 0 Å². The molecule has 24 heavy (non-hydrogen) atoms. The Balaban J connectivity index is 1.89. The number of alkyl carbamates (subject to hydrolysis) is 1. The van der Waals surface area contributed by atoms with E-state index in [2.05, 4.69) is 15.3 Å². The van der Waals surface area contributed by atoms with Crippen molar-refractivity contribution in [3.05, 3.63) is 36.2 Å². The van der Waals surface area contributed by atoms with Gasteiger partial charge in [0, 0.05) is 18.9 Å². The minimum Gasteiger partial charge on any atom is -0.444 e. The molecule has 2 rings (SSSR count). The SMILES string of the molecule is CC(C)(C)OC(=O)NCCC(O)C(O)c1ccc2nccnc2c1. The molecule has 0 saturated carbocycles. The zero-order valence-corrected chi connectivity index (χ0v) is 14.1. The number of hydrogen-bond acceptors (Lipinski definition) is 6. The second kappa shape index (κ2) is 7.55. The number of carbonyl (C=O) groups is 1. The summed E-state index contributed by atoms with van der Waals surface area (Å²) in [5.74, 6) is 0. The summed E-state index contributed by atoms with van der Waals surface area (Å²) in [7, 11) is 0. The van der Waals surface area contributed by atoms with Crippen LogP contribution in [0.1, 0.15) is 38.9 Å². The molecular weight excluding hydrogens is 310 g/mol. The van der Waals surface area contributed by atoms with Gasteiger partial charge in [-0.15, -0.1) is 0 Å². The van der Waals surface area contributed by atoms with E-state index in [0.29, 0.717) is 11.1 Å². The number of ether oxygens (including phenoxy) is 1. The van der Waals surface area contributed by atoms with Crippen molar-refractivity contribution in [1.82, 2.24) is 15.3 Å². The number of carbonyl (C=O) groups excluding carboxylic acids is 1. The van der Waals surface area contributed by atoms with Gasteiger partial charge >= 0.3 is 6.09 Å². The van der Waals surface area contributed by atoms with Gasteiger partial charge in [-0.05, 0) is 44.9 Å². The third kappa shape index (κ3) is 5.14. The first kappa shape index (κ1) is 18.1. The number of amides is 1. The minimum atomic E-state index is -1.07. The smallest absolute Gasteiger partial charge is 0.407 e. The van der Waals surface area contributed by atoms with Gasteiger partial charge in [0.2, 0.25) is 0 Å². The standard InChI is InChI=1S/C17H23N3O4/c1-17(2,3)24-16(23)20-7-6-14(21)15(22)11-4-5-12-13(10-11)19-9-8-18-12/h4-5,8-10,14-15,21-22H,6-7H2,1-3H3,(H,20,23). The number of hydrogen-bond donors (Lipinski definition) is 3. The zero-order chi connectivity index (χ0) is 17.7. The molecule has 0 fully saturated rings. The van der Waals surface area contributed by atoms with Gasteiger partial charge in [0.05, 0.1) is 17.1 Å². The van der Waals surface area contributed by atoms with Crippen molar-refractivity contribution < 1.29 is 19.7 Å². The molecule has 1 aromatic heterocycles. The predicted octanol–water partition coefficient (Wildman–Crippen LogP) is 1.94. The third-order valence-corrected chi connectivity index (χ3v) is 3.31. The molecule has 7 nitrogen and oxygen atoms in total. The topological polar surface area (TPSA) is 105 Å². The fourth-order valence-corrected chi connectivity index (χ4v) is 2.18. The molecule has 1 heterocycles.